The fraction of sp³-hybridized carbons (Fsp3) is 0.500. The number of hydrogen-bond donors (Lipinski definition) is 0. The largest absolute Gasteiger partial charge is 0.0882 e. The van der Waals surface area contributed by atoms with Gasteiger partial charge in [-0.1, -0.05) is 48.6 Å². The molecule has 0 aromatic carbocycles. The summed E-state index contributed by atoms with van der Waals surface area (Å²) in [5, 5.41) is 0. The van der Waals surface area contributed by atoms with Crippen LogP contribution < -0.4 is 0 Å². The summed E-state index contributed by atoms with van der Waals surface area (Å²) in [4.78, 5) is 0. The minimum absolute atomic E-state index is 1.19. The molecular weight excluding hydrogens is 192 g/mol. The van der Waals surface area contributed by atoms with Gasteiger partial charge in [-0.05, 0) is 51.4 Å². The van der Waals surface area contributed by atoms with Crippen LogP contribution in [0.15, 0.2) is 48.6 Å². The van der Waals surface area contributed by atoms with E-state index in [-0.39, 0.29) is 0 Å². The van der Waals surface area contributed by atoms with Crippen molar-refractivity contribution in [2.24, 2.45) is 0 Å². The molecule has 0 aromatic rings. The Balaban J connectivity index is 2.29. The molecule has 0 atom stereocenters. The molecule has 0 unspecified atom stereocenters. The third kappa shape index (κ3) is 8.28. The lowest BCUT2D eigenvalue weighted by atomic mass is 10.1. The molecule has 88 valence electrons. The maximum Gasteiger partial charge on any atom is -0.0316 e. The standard InChI is InChI=1S/C16H24/c1-2-4-6-8-10-12-14-16-15-13-11-9-7-5-3-1/h1-2,7-10,15-16H,3-6,11-14H2. The monoisotopic (exact) mass is 216 g/mol. The summed E-state index contributed by atoms with van der Waals surface area (Å²) < 4.78 is 0. The highest BCUT2D eigenvalue weighted by molar-refractivity contribution is 4.94. The van der Waals surface area contributed by atoms with Crippen LogP contribution >= 0.6 is 0 Å². The third-order valence-electron chi connectivity index (χ3n) is 2.67. The van der Waals surface area contributed by atoms with E-state index in [1.54, 1.807) is 0 Å². The number of allylic oxidation sites excluding steroid dienone is 8. The first-order valence-corrected chi connectivity index (χ1v) is 6.60. The Hall–Kier alpha value is -1.04. The Morgan fingerprint density at radius 2 is 0.375 bits per heavy atom. The van der Waals surface area contributed by atoms with Crippen molar-refractivity contribution in [3.05, 3.63) is 48.6 Å². The fourth-order valence-corrected chi connectivity index (χ4v) is 1.71. The summed E-state index contributed by atoms with van der Waals surface area (Å²) >= 11 is 0. The zero-order chi connectivity index (χ0) is 11.3. The van der Waals surface area contributed by atoms with Gasteiger partial charge >= 0.3 is 0 Å². The molecule has 0 N–H and O–H groups in total. The summed E-state index contributed by atoms with van der Waals surface area (Å²) in [7, 11) is 0. The van der Waals surface area contributed by atoms with Crippen LogP contribution in [0.1, 0.15) is 51.4 Å². The molecule has 0 spiro atoms. The first kappa shape index (κ1) is 13.0. The van der Waals surface area contributed by atoms with E-state index in [9.17, 15) is 0 Å². The van der Waals surface area contributed by atoms with Crippen LogP contribution in [0.5, 0.6) is 0 Å². The van der Waals surface area contributed by atoms with Crippen LogP contribution in [0.3, 0.4) is 0 Å². The average Bonchev–Trinajstić information content (AvgIpc) is 2.29. The lowest BCUT2D eigenvalue weighted by Gasteiger charge is -1.92. The van der Waals surface area contributed by atoms with Gasteiger partial charge in [0.05, 0.1) is 0 Å². The number of hydrogen-bond acceptors (Lipinski definition) is 0. The fourth-order valence-electron chi connectivity index (χ4n) is 1.71. The van der Waals surface area contributed by atoms with Crippen molar-refractivity contribution in [3.8, 4) is 0 Å². The van der Waals surface area contributed by atoms with Crippen molar-refractivity contribution in [2.45, 2.75) is 51.4 Å². The van der Waals surface area contributed by atoms with Crippen molar-refractivity contribution in [1.82, 2.24) is 0 Å². The van der Waals surface area contributed by atoms with Gasteiger partial charge in [0.25, 0.3) is 0 Å². The van der Waals surface area contributed by atoms with Gasteiger partial charge in [-0.15, -0.1) is 0 Å². The van der Waals surface area contributed by atoms with E-state index >= 15 is 0 Å². The zero-order valence-corrected chi connectivity index (χ0v) is 10.3. The second-order valence-corrected chi connectivity index (χ2v) is 4.20. The van der Waals surface area contributed by atoms with Crippen molar-refractivity contribution >= 4 is 0 Å². The molecule has 1 aliphatic rings. The van der Waals surface area contributed by atoms with E-state index in [4.69, 9.17) is 0 Å². The molecule has 0 heteroatoms. The van der Waals surface area contributed by atoms with Crippen molar-refractivity contribution < 1.29 is 0 Å². The van der Waals surface area contributed by atoms with E-state index in [1.165, 1.54) is 51.4 Å². The van der Waals surface area contributed by atoms with Crippen LogP contribution in [0.4, 0.5) is 0 Å². The SMILES string of the molecule is C1=CCCC=CCCC=CCCC=CCC1. The van der Waals surface area contributed by atoms with E-state index in [0.717, 1.165) is 0 Å². The quantitative estimate of drug-likeness (QED) is 0.479. The maximum absolute atomic E-state index is 2.31. The summed E-state index contributed by atoms with van der Waals surface area (Å²) in [6.07, 6.45) is 28.0. The highest BCUT2D eigenvalue weighted by atomic mass is 13.9. The predicted octanol–water partition coefficient (Wildman–Crippen LogP) is 5.35. The Morgan fingerprint density at radius 1 is 0.250 bits per heavy atom. The molecule has 1 aliphatic carbocycles. The van der Waals surface area contributed by atoms with Gasteiger partial charge in [0.2, 0.25) is 0 Å². The van der Waals surface area contributed by atoms with Gasteiger partial charge in [0.1, 0.15) is 0 Å². The molecule has 0 saturated carbocycles. The molecule has 0 heterocycles. The first-order chi connectivity index (χ1) is 8.00. The van der Waals surface area contributed by atoms with Gasteiger partial charge in [-0.2, -0.15) is 0 Å². The Morgan fingerprint density at radius 3 is 0.500 bits per heavy atom. The molecule has 0 fully saturated rings. The van der Waals surface area contributed by atoms with Gasteiger partial charge in [-0.25, -0.2) is 0 Å². The Labute approximate surface area is 100 Å². The molecule has 0 nitrogen and oxygen atoms in total. The van der Waals surface area contributed by atoms with Crippen LogP contribution in [0.25, 0.3) is 0 Å². The topological polar surface area (TPSA) is 0 Å². The molecule has 1 rings (SSSR count). The van der Waals surface area contributed by atoms with Crippen molar-refractivity contribution in [1.29, 1.82) is 0 Å². The second kappa shape index (κ2) is 10.5. The summed E-state index contributed by atoms with van der Waals surface area (Å²) in [5.74, 6) is 0. The minimum Gasteiger partial charge on any atom is -0.0882 e. The van der Waals surface area contributed by atoms with E-state index < -0.39 is 0 Å². The smallest absolute Gasteiger partial charge is 0.0316 e. The summed E-state index contributed by atoms with van der Waals surface area (Å²) in [6.45, 7) is 0. The molecule has 0 saturated heterocycles. The summed E-state index contributed by atoms with van der Waals surface area (Å²) in [5.41, 5.74) is 0. The lowest BCUT2D eigenvalue weighted by Crippen LogP contribution is -1.71. The highest BCUT2D eigenvalue weighted by Crippen LogP contribution is 2.03. The molecule has 0 radical (unpaired) electrons. The first-order valence-electron chi connectivity index (χ1n) is 6.60. The van der Waals surface area contributed by atoms with Gasteiger partial charge in [0.15, 0.2) is 0 Å². The van der Waals surface area contributed by atoms with Gasteiger partial charge < -0.3 is 0 Å². The lowest BCUT2D eigenvalue weighted by molar-refractivity contribution is 0.962. The third-order valence-corrected chi connectivity index (χ3v) is 2.67. The highest BCUT2D eigenvalue weighted by Gasteiger charge is 1.82. The second-order valence-electron chi connectivity index (χ2n) is 4.20. The molecule has 16 heavy (non-hydrogen) atoms. The van der Waals surface area contributed by atoms with Crippen molar-refractivity contribution in [3.63, 3.8) is 0 Å². The van der Waals surface area contributed by atoms with Crippen molar-refractivity contribution in [2.75, 3.05) is 0 Å². The Bertz CT molecular complexity index is 173. The van der Waals surface area contributed by atoms with E-state index in [0.29, 0.717) is 0 Å². The summed E-state index contributed by atoms with van der Waals surface area (Å²) in [6, 6.07) is 0. The molecule has 0 amide bonds. The van der Waals surface area contributed by atoms with Gasteiger partial charge in [-0.3, -0.25) is 0 Å². The molecule has 0 bridgehead atoms. The van der Waals surface area contributed by atoms with E-state index in [1.807, 2.05) is 0 Å². The molecule has 0 aromatic heterocycles. The Kier molecular flexibility index (Phi) is 8.53. The normalized spacial score (nSPS) is 20.0. The predicted molar refractivity (Wildman–Crippen MR) is 73.5 cm³/mol. The van der Waals surface area contributed by atoms with Crippen LogP contribution in [-0.4, -0.2) is 0 Å². The van der Waals surface area contributed by atoms with Crippen LogP contribution in [0, 0.1) is 0 Å². The number of rotatable bonds is 0. The molecule has 0 aliphatic heterocycles. The van der Waals surface area contributed by atoms with Crippen LogP contribution in [-0.2, 0) is 0 Å². The maximum atomic E-state index is 2.31. The average molecular weight is 216 g/mol. The molecular formula is C16H24. The van der Waals surface area contributed by atoms with Gasteiger partial charge in [0, 0.05) is 0 Å². The van der Waals surface area contributed by atoms with E-state index in [2.05, 4.69) is 48.6 Å². The minimum atomic E-state index is 1.19. The zero-order valence-electron chi connectivity index (χ0n) is 10.3. The van der Waals surface area contributed by atoms with Crippen LogP contribution in [0.2, 0.25) is 0 Å².